The third-order valence-electron chi connectivity index (χ3n) is 3.70. The highest BCUT2D eigenvalue weighted by atomic mass is 35.5. The number of nitrogens with two attached hydrogens (primary N) is 1. The van der Waals surface area contributed by atoms with Crippen molar-refractivity contribution < 1.29 is 4.79 Å². The van der Waals surface area contributed by atoms with Gasteiger partial charge in [0.1, 0.15) is 0 Å². The molecule has 0 spiro atoms. The Bertz CT molecular complexity index is 445. The fourth-order valence-electron chi connectivity index (χ4n) is 3.08. The van der Waals surface area contributed by atoms with Gasteiger partial charge in [-0.2, -0.15) is 0 Å². The number of carbonyl (C=O) groups is 1. The zero-order chi connectivity index (χ0) is 14.0. The van der Waals surface area contributed by atoms with Crippen molar-refractivity contribution in [3.05, 3.63) is 28.8 Å². The predicted octanol–water partition coefficient (Wildman–Crippen LogP) is 3.48. The van der Waals surface area contributed by atoms with Gasteiger partial charge >= 0.3 is 0 Å². The maximum Gasteiger partial charge on any atom is 0.251 e. The van der Waals surface area contributed by atoms with Gasteiger partial charge in [-0.05, 0) is 49.3 Å². The Hall–Kier alpha value is -1.22. The first-order valence-electron chi connectivity index (χ1n) is 6.81. The van der Waals surface area contributed by atoms with Crippen molar-refractivity contribution in [2.45, 2.75) is 39.2 Å². The summed E-state index contributed by atoms with van der Waals surface area (Å²) in [6.07, 6.45) is 3.34. The highest BCUT2D eigenvalue weighted by molar-refractivity contribution is 6.31. The average molecular weight is 281 g/mol. The maximum atomic E-state index is 12.2. The van der Waals surface area contributed by atoms with E-state index in [-0.39, 0.29) is 11.9 Å². The minimum atomic E-state index is -0.0829. The molecule has 1 saturated carbocycles. The van der Waals surface area contributed by atoms with Crippen LogP contribution in [0.15, 0.2) is 18.2 Å². The van der Waals surface area contributed by atoms with Crippen LogP contribution >= 0.6 is 11.6 Å². The van der Waals surface area contributed by atoms with Crippen LogP contribution in [0.25, 0.3) is 0 Å². The van der Waals surface area contributed by atoms with Crippen LogP contribution in [0.3, 0.4) is 0 Å². The molecule has 3 nitrogen and oxygen atoms in total. The van der Waals surface area contributed by atoms with Crippen LogP contribution < -0.4 is 11.1 Å². The molecule has 0 bridgehead atoms. The van der Waals surface area contributed by atoms with Gasteiger partial charge in [0.25, 0.3) is 5.91 Å². The van der Waals surface area contributed by atoms with Crippen LogP contribution in [0.1, 0.15) is 43.5 Å². The van der Waals surface area contributed by atoms with Gasteiger partial charge < -0.3 is 11.1 Å². The van der Waals surface area contributed by atoms with Crippen molar-refractivity contribution in [1.82, 2.24) is 5.32 Å². The van der Waals surface area contributed by atoms with Gasteiger partial charge in [-0.1, -0.05) is 25.4 Å². The topological polar surface area (TPSA) is 55.1 Å². The maximum absolute atomic E-state index is 12.2. The zero-order valence-electron chi connectivity index (χ0n) is 11.4. The highest BCUT2D eigenvalue weighted by Gasteiger charge is 2.25. The summed E-state index contributed by atoms with van der Waals surface area (Å²) in [7, 11) is 0. The molecule has 1 fully saturated rings. The molecule has 19 heavy (non-hydrogen) atoms. The fraction of sp³-hybridized carbons (Fsp3) is 0.533. The van der Waals surface area contributed by atoms with E-state index in [1.807, 2.05) is 0 Å². The lowest BCUT2D eigenvalue weighted by molar-refractivity contribution is 0.0911. The first kappa shape index (κ1) is 14.2. The van der Waals surface area contributed by atoms with Crippen molar-refractivity contribution >= 4 is 23.2 Å². The van der Waals surface area contributed by atoms with Crippen LogP contribution in [0.4, 0.5) is 5.69 Å². The zero-order valence-corrected chi connectivity index (χ0v) is 12.2. The van der Waals surface area contributed by atoms with Crippen LogP contribution in [-0.2, 0) is 0 Å². The normalized spacial score (nSPS) is 27.0. The van der Waals surface area contributed by atoms with Gasteiger partial charge in [-0.15, -0.1) is 0 Å². The molecular formula is C15H21ClN2O. The lowest BCUT2D eigenvalue weighted by atomic mass is 9.80. The number of carbonyl (C=O) groups excluding carboxylic acids is 1. The van der Waals surface area contributed by atoms with Crippen molar-refractivity contribution in [2.24, 2.45) is 11.8 Å². The lowest BCUT2D eigenvalue weighted by Crippen LogP contribution is -2.40. The van der Waals surface area contributed by atoms with E-state index in [2.05, 4.69) is 19.2 Å². The van der Waals surface area contributed by atoms with Crippen LogP contribution in [0, 0.1) is 11.8 Å². The van der Waals surface area contributed by atoms with Crippen molar-refractivity contribution in [3.8, 4) is 0 Å². The molecule has 0 aliphatic heterocycles. The van der Waals surface area contributed by atoms with Gasteiger partial charge in [-0.3, -0.25) is 4.79 Å². The Morgan fingerprint density at radius 3 is 2.42 bits per heavy atom. The highest BCUT2D eigenvalue weighted by Crippen LogP contribution is 2.28. The van der Waals surface area contributed by atoms with Gasteiger partial charge in [0.2, 0.25) is 0 Å². The largest absolute Gasteiger partial charge is 0.399 e. The summed E-state index contributed by atoms with van der Waals surface area (Å²) < 4.78 is 0. The smallest absolute Gasteiger partial charge is 0.251 e. The third kappa shape index (κ3) is 3.87. The van der Waals surface area contributed by atoms with E-state index in [1.54, 1.807) is 18.2 Å². The molecule has 1 aromatic carbocycles. The Kier molecular flexibility index (Phi) is 4.35. The first-order chi connectivity index (χ1) is 8.94. The van der Waals surface area contributed by atoms with E-state index < -0.39 is 0 Å². The van der Waals surface area contributed by atoms with Gasteiger partial charge in [-0.25, -0.2) is 0 Å². The van der Waals surface area contributed by atoms with Crippen molar-refractivity contribution in [1.29, 1.82) is 0 Å². The Morgan fingerprint density at radius 2 is 1.84 bits per heavy atom. The Labute approximate surface area is 119 Å². The molecule has 1 amide bonds. The number of nitrogen functional groups attached to an aromatic ring is 1. The van der Waals surface area contributed by atoms with Crippen molar-refractivity contribution in [2.75, 3.05) is 5.73 Å². The number of rotatable bonds is 2. The molecule has 2 rings (SSSR count). The quantitative estimate of drug-likeness (QED) is 0.815. The summed E-state index contributed by atoms with van der Waals surface area (Å²) in [6, 6.07) is 5.22. The summed E-state index contributed by atoms with van der Waals surface area (Å²) >= 11 is 5.92. The van der Waals surface area contributed by atoms with E-state index in [1.165, 1.54) is 6.42 Å². The number of hydrogen-bond donors (Lipinski definition) is 2. The molecule has 0 saturated heterocycles. The molecular weight excluding hydrogens is 260 g/mol. The lowest BCUT2D eigenvalue weighted by Gasteiger charge is -2.32. The molecule has 3 N–H and O–H groups in total. The molecule has 2 atom stereocenters. The first-order valence-corrected chi connectivity index (χ1v) is 7.18. The van der Waals surface area contributed by atoms with E-state index in [9.17, 15) is 4.79 Å². The van der Waals surface area contributed by atoms with E-state index in [0.717, 1.165) is 12.8 Å². The van der Waals surface area contributed by atoms with Crippen LogP contribution in [0.2, 0.25) is 5.02 Å². The van der Waals surface area contributed by atoms with Crippen LogP contribution in [0.5, 0.6) is 0 Å². The Balaban J connectivity index is 2.04. The second-order valence-corrected chi connectivity index (χ2v) is 6.30. The third-order valence-corrected chi connectivity index (χ3v) is 3.91. The summed E-state index contributed by atoms with van der Waals surface area (Å²) in [5, 5.41) is 3.59. The monoisotopic (exact) mass is 280 g/mol. The molecule has 0 heterocycles. The number of benzene rings is 1. The number of anilines is 1. The molecule has 0 aromatic heterocycles. The number of nitrogens with one attached hydrogen (secondary N) is 1. The number of hydrogen-bond acceptors (Lipinski definition) is 2. The summed E-state index contributed by atoms with van der Waals surface area (Å²) in [5.74, 6) is 1.25. The average Bonchev–Trinajstić information content (AvgIpc) is 2.25. The number of halogens is 1. The van der Waals surface area contributed by atoms with E-state index >= 15 is 0 Å². The van der Waals surface area contributed by atoms with E-state index in [4.69, 9.17) is 17.3 Å². The number of amides is 1. The molecule has 1 aliphatic rings. The summed E-state index contributed by atoms with van der Waals surface area (Å²) in [6.45, 7) is 4.48. The second-order valence-electron chi connectivity index (χ2n) is 5.86. The summed E-state index contributed by atoms with van der Waals surface area (Å²) in [4.78, 5) is 12.2. The molecule has 1 aromatic rings. The molecule has 2 unspecified atom stereocenters. The van der Waals surface area contributed by atoms with Crippen LogP contribution in [-0.4, -0.2) is 11.9 Å². The predicted molar refractivity (Wildman–Crippen MR) is 79.3 cm³/mol. The standard InChI is InChI=1S/C15H21ClN2O/c1-9-3-10(2)5-14(4-9)18-15(19)11-6-12(16)8-13(17)7-11/h6-10,14H,3-5,17H2,1-2H3,(H,18,19). The fourth-order valence-corrected chi connectivity index (χ4v) is 3.32. The van der Waals surface area contributed by atoms with Gasteiger partial charge in [0.15, 0.2) is 0 Å². The SMILES string of the molecule is CC1CC(C)CC(NC(=O)c2cc(N)cc(Cl)c2)C1. The second kappa shape index (κ2) is 5.83. The van der Waals surface area contributed by atoms with Crippen molar-refractivity contribution in [3.63, 3.8) is 0 Å². The summed E-state index contributed by atoms with van der Waals surface area (Å²) in [5.41, 5.74) is 6.76. The Morgan fingerprint density at radius 1 is 1.21 bits per heavy atom. The van der Waals surface area contributed by atoms with E-state index in [0.29, 0.717) is 28.1 Å². The van der Waals surface area contributed by atoms with Gasteiger partial charge in [0, 0.05) is 22.3 Å². The molecule has 0 radical (unpaired) electrons. The van der Waals surface area contributed by atoms with Gasteiger partial charge in [0.05, 0.1) is 0 Å². The molecule has 104 valence electrons. The minimum Gasteiger partial charge on any atom is -0.399 e. The molecule has 4 heteroatoms. The minimum absolute atomic E-state index is 0.0829. The molecule has 1 aliphatic carbocycles.